The first-order chi connectivity index (χ1) is 15.3. The van der Waals surface area contributed by atoms with E-state index < -0.39 is 0 Å². The van der Waals surface area contributed by atoms with E-state index in [1.807, 2.05) is 22.7 Å². The van der Waals surface area contributed by atoms with Gasteiger partial charge in [-0.05, 0) is 67.3 Å². The van der Waals surface area contributed by atoms with Crippen molar-refractivity contribution < 1.29 is 0 Å². The van der Waals surface area contributed by atoms with Crippen molar-refractivity contribution in [1.29, 1.82) is 0 Å². The summed E-state index contributed by atoms with van der Waals surface area (Å²) in [4.78, 5) is 5.26. The van der Waals surface area contributed by atoms with Crippen molar-refractivity contribution in [3.63, 3.8) is 0 Å². The van der Waals surface area contributed by atoms with Crippen LogP contribution in [-0.2, 0) is 0 Å². The average molecular weight is 497 g/mol. The molecule has 0 fully saturated rings. The summed E-state index contributed by atoms with van der Waals surface area (Å²) in [5, 5.41) is 5.09. The highest BCUT2D eigenvalue weighted by Gasteiger charge is 2.16. The highest BCUT2D eigenvalue weighted by atomic mass is 79.9. The third-order valence-corrected chi connectivity index (χ3v) is 8.91. The molecule has 0 radical (unpaired) electrons. The van der Waals surface area contributed by atoms with Crippen molar-refractivity contribution in [2.75, 3.05) is 0 Å². The molecule has 0 amide bonds. The van der Waals surface area contributed by atoms with Crippen LogP contribution in [0.3, 0.4) is 0 Å². The van der Waals surface area contributed by atoms with Crippen LogP contribution < -0.4 is 0 Å². The van der Waals surface area contributed by atoms with E-state index in [9.17, 15) is 0 Å². The highest BCUT2D eigenvalue weighted by Crippen LogP contribution is 2.46. The van der Waals surface area contributed by atoms with Gasteiger partial charge in [0.05, 0.1) is 0 Å². The van der Waals surface area contributed by atoms with Gasteiger partial charge >= 0.3 is 0 Å². The second kappa shape index (κ2) is 7.76. The van der Waals surface area contributed by atoms with Gasteiger partial charge in [0.15, 0.2) is 0 Å². The third-order valence-electron chi connectivity index (χ3n) is 5.63. The van der Waals surface area contributed by atoms with Gasteiger partial charge in [0.1, 0.15) is 0 Å². The normalized spacial score (nSPS) is 11.4. The summed E-state index contributed by atoms with van der Waals surface area (Å²) >= 11 is 7.60. The van der Waals surface area contributed by atoms with Gasteiger partial charge in [0.2, 0.25) is 0 Å². The molecular weight excluding hydrogens is 480 g/mol. The fourth-order valence-electron chi connectivity index (χ4n) is 4.17. The van der Waals surface area contributed by atoms with Crippen molar-refractivity contribution in [1.82, 2.24) is 0 Å². The molecule has 0 atom stereocenters. The van der Waals surface area contributed by atoms with Crippen molar-refractivity contribution in [3.05, 3.63) is 108 Å². The van der Waals surface area contributed by atoms with Gasteiger partial charge in [-0.25, -0.2) is 0 Å². The van der Waals surface area contributed by atoms with Crippen LogP contribution in [0.1, 0.15) is 0 Å². The summed E-state index contributed by atoms with van der Waals surface area (Å²) in [6.07, 6.45) is 0. The molecule has 0 aliphatic rings. The number of halogens is 1. The Hall–Kier alpha value is -2.72. The monoisotopic (exact) mass is 496 g/mol. The Morgan fingerprint density at radius 3 is 1.48 bits per heavy atom. The zero-order valence-corrected chi connectivity index (χ0v) is 19.7. The van der Waals surface area contributed by atoms with Crippen LogP contribution in [0.4, 0.5) is 0 Å². The smallest absolute Gasteiger partial charge is 0.0449 e. The molecule has 0 saturated carbocycles. The van der Waals surface area contributed by atoms with Crippen LogP contribution in [0.5, 0.6) is 0 Å². The minimum absolute atomic E-state index is 1.17. The molecule has 0 aliphatic heterocycles. The first kappa shape index (κ1) is 19.0. The lowest BCUT2D eigenvalue weighted by Gasteiger charge is -2.12. The Labute approximate surface area is 197 Å². The molecule has 0 aliphatic carbocycles. The summed E-state index contributed by atoms with van der Waals surface area (Å²) in [7, 11) is 0. The van der Waals surface area contributed by atoms with E-state index in [0.29, 0.717) is 0 Å². The third kappa shape index (κ3) is 3.25. The zero-order chi connectivity index (χ0) is 20.8. The lowest BCUT2D eigenvalue weighted by Crippen LogP contribution is -1.85. The molecule has 0 saturated heterocycles. The minimum atomic E-state index is 1.17. The Morgan fingerprint density at radius 2 is 0.871 bits per heavy atom. The molecule has 0 unspecified atom stereocenters. The molecule has 3 heteroatoms. The number of benzene rings is 4. The maximum atomic E-state index is 3.86. The lowest BCUT2D eigenvalue weighted by atomic mass is 9.96. The quantitative estimate of drug-likeness (QED) is 0.214. The summed E-state index contributed by atoms with van der Waals surface area (Å²) in [6.45, 7) is 0. The van der Waals surface area contributed by atoms with E-state index in [-0.39, 0.29) is 0 Å². The molecule has 0 bridgehead atoms. The van der Waals surface area contributed by atoms with Crippen LogP contribution in [0, 0.1) is 0 Å². The molecule has 0 spiro atoms. The Bertz CT molecular complexity index is 1480. The van der Waals surface area contributed by atoms with E-state index in [2.05, 4.69) is 119 Å². The van der Waals surface area contributed by atoms with Gasteiger partial charge in [-0.3, -0.25) is 0 Å². The number of thiophene rings is 2. The minimum Gasteiger partial charge on any atom is -0.134 e. The van der Waals surface area contributed by atoms with E-state index >= 15 is 0 Å². The number of hydrogen-bond acceptors (Lipinski definition) is 2. The molecule has 6 rings (SSSR count). The van der Waals surface area contributed by atoms with Crippen LogP contribution in [0.25, 0.3) is 52.2 Å². The van der Waals surface area contributed by atoms with Crippen LogP contribution in [-0.4, -0.2) is 0 Å². The molecule has 148 valence electrons. The number of fused-ring (bicyclic) bond motifs is 2. The number of hydrogen-bond donors (Lipinski definition) is 0. The van der Waals surface area contributed by atoms with Crippen molar-refractivity contribution in [2.24, 2.45) is 0 Å². The van der Waals surface area contributed by atoms with Crippen molar-refractivity contribution in [3.8, 4) is 30.6 Å². The predicted octanol–water partition coefficient (Wildman–Crippen LogP) is 9.88. The Kier molecular flexibility index (Phi) is 4.76. The second-order valence-corrected chi connectivity index (χ2v) is 10.4. The maximum absolute atomic E-state index is 3.86. The topological polar surface area (TPSA) is 0 Å². The zero-order valence-electron chi connectivity index (χ0n) is 16.5. The second-order valence-electron chi connectivity index (χ2n) is 7.47. The first-order valence-corrected chi connectivity index (χ1v) is 12.6. The fraction of sp³-hybridized carbons (Fsp3) is 0. The molecule has 0 nitrogen and oxygen atoms in total. The van der Waals surface area contributed by atoms with Gasteiger partial charge in [0, 0.05) is 29.5 Å². The van der Waals surface area contributed by atoms with Crippen LogP contribution >= 0.6 is 38.6 Å². The van der Waals surface area contributed by atoms with Crippen LogP contribution in [0.15, 0.2) is 108 Å². The first-order valence-electron chi connectivity index (χ1n) is 10.1. The van der Waals surface area contributed by atoms with Gasteiger partial charge in [-0.15, -0.1) is 22.7 Å². The molecule has 2 heterocycles. The van der Waals surface area contributed by atoms with E-state index in [1.165, 1.54) is 56.7 Å². The SMILES string of the molecule is Brc1c2ccccc2c(-c2ccc(-c3ccc(-c4ccccc4)s3)s2)c2ccccc12. The fourth-order valence-corrected chi connectivity index (χ4v) is 7.05. The standard InChI is InChI=1S/C28H17BrS2/c29-28-21-12-6-4-10-19(21)27(20-11-5-7-13-22(20)28)26-17-16-25(31-26)24-15-14-23(30-24)18-8-2-1-3-9-18/h1-17H. The Balaban J connectivity index is 1.52. The largest absolute Gasteiger partial charge is 0.134 e. The maximum Gasteiger partial charge on any atom is 0.0449 e. The van der Waals surface area contributed by atoms with E-state index in [0.717, 1.165) is 0 Å². The average Bonchev–Trinajstić information content (AvgIpc) is 3.50. The Morgan fingerprint density at radius 1 is 0.419 bits per heavy atom. The lowest BCUT2D eigenvalue weighted by molar-refractivity contribution is 1.70. The summed E-state index contributed by atoms with van der Waals surface area (Å²) in [6, 6.07) is 37.0. The van der Waals surface area contributed by atoms with Crippen molar-refractivity contribution in [2.45, 2.75) is 0 Å². The predicted molar refractivity (Wildman–Crippen MR) is 141 cm³/mol. The molecule has 2 aromatic heterocycles. The van der Waals surface area contributed by atoms with Gasteiger partial charge in [-0.1, -0.05) is 78.9 Å². The van der Waals surface area contributed by atoms with Crippen LogP contribution in [0.2, 0.25) is 0 Å². The van der Waals surface area contributed by atoms with Crippen molar-refractivity contribution >= 4 is 60.1 Å². The summed E-state index contributed by atoms with van der Waals surface area (Å²) in [5.74, 6) is 0. The summed E-state index contributed by atoms with van der Waals surface area (Å²) < 4.78 is 1.17. The van der Waals surface area contributed by atoms with E-state index in [4.69, 9.17) is 0 Å². The van der Waals surface area contributed by atoms with E-state index in [1.54, 1.807) is 0 Å². The van der Waals surface area contributed by atoms with Gasteiger partial charge in [0.25, 0.3) is 0 Å². The highest BCUT2D eigenvalue weighted by molar-refractivity contribution is 9.10. The molecule has 6 aromatic rings. The van der Waals surface area contributed by atoms with Gasteiger partial charge < -0.3 is 0 Å². The molecular formula is C28H17BrS2. The summed E-state index contributed by atoms with van der Waals surface area (Å²) in [5.41, 5.74) is 2.60. The molecule has 4 aromatic carbocycles. The molecule has 31 heavy (non-hydrogen) atoms. The number of rotatable bonds is 3. The molecule has 0 N–H and O–H groups in total. The van der Waals surface area contributed by atoms with Gasteiger partial charge in [-0.2, -0.15) is 0 Å².